The molecule has 1 aromatic carbocycles. The molecule has 0 saturated heterocycles. The number of aryl methyl sites for hydroxylation is 1. The first-order valence-electron chi connectivity index (χ1n) is 5.17. The highest BCUT2D eigenvalue weighted by Gasteiger charge is 2.11. The van der Waals surface area contributed by atoms with Gasteiger partial charge in [-0.05, 0) is 37.1 Å². The minimum Gasteiger partial charge on any atom is -0.245 e. The Morgan fingerprint density at radius 3 is 2.44 bits per heavy atom. The molecule has 0 aliphatic rings. The van der Waals surface area contributed by atoms with Crippen molar-refractivity contribution in [2.75, 3.05) is 0 Å². The Hall–Kier alpha value is -2.28. The lowest BCUT2D eigenvalue weighted by molar-refractivity contribution is 0.446. The maximum absolute atomic E-state index is 13.3. The summed E-state index contributed by atoms with van der Waals surface area (Å²) in [5, 5.41) is 0. The van der Waals surface area contributed by atoms with E-state index in [0.717, 1.165) is 17.8 Å². The van der Waals surface area contributed by atoms with Crippen LogP contribution in [0.1, 0.15) is 17.0 Å². The van der Waals surface area contributed by atoms with Crippen LogP contribution in [0.5, 0.6) is 0 Å². The lowest BCUT2D eigenvalue weighted by Crippen LogP contribution is -1.94. The largest absolute Gasteiger partial charge is 0.245 e. The van der Waals surface area contributed by atoms with Crippen LogP contribution >= 0.6 is 0 Å². The highest BCUT2D eigenvalue weighted by atomic mass is 19.2. The van der Waals surface area contributed by atoms with Crippen LogP contribution in [-0.2, 0) is 0 Å². The molecule has 1 aromatic heterocycles. The van der Waals surface area contributed by atoms with Gasteiger partial charge in [0.2, 0.25) is 0 Å². The number of nitrogens with zero attached hydrogens (tertiary/aromatic N) is 1. The first-order valence-corrected chi connectivity index (χ1v) is 5.17. The number of hydrogen-bond acceptors (Lipinski definition) is 1. The van der Waals surface area contributed by atoms with Crippen molar-refractivity contribution in [3.05, 3.63) is 64.7 Å². The Morgan fingerprint density at radius 2 is 1.72 bits per heavy atom. The monoisotopic (exact) mass is 247 g/mol. The molecule has 90 valence electrons. The number of benzene rings is 1. The van der Waals surface area contributed by atoms with Gasteiger partial charge in [-0.25, -0.2) is 18.2 Å². The van der Waals surface area contributed by atoms with Gasteiger partial charge in [-0.1, -0.05) is 12.0 Å². The van der Waals surface area contributed by atoms with Gasteiger partial charge in [-0.3, -0.25) is 0 Å². The number of halogens is 3. The van der Waals surface area contributed by atoms with Gasteiger partial charge in [0.1, 0.15) is 5.69 Å². The average molecular weight is 247 g/mol. The molecular weight excluding hydrogens is 239 g/mol. The van der Waals surface area contributed by atoms with E-state index in [1.165, 1.54) is 0 Å². The van der Waals surface area contributed by atoms with Crippen molar-refractivity contribution in [1.82, 2.24) is 4.98 Å². The Balaban J connectivity index is 2.39. The van der Waals surface area contributed by atoms with Gasteiger partial charge in [-0.2, -0.15) is 0 Å². The van der Waals surface area contributed by atoms with Crippen LogP contribution in [0.4, 0.5) is 13.2 Å². The zero-order valence-electron chi connectivity index (χ0n) is 9.47. The van der Waals surface area contributed by atoms with Crippen LogP contribution in [0.3, 0.4) is 0 Å². The van der Waals surface area contributed by atoms with E-state index in [0.29, 0.717) is 5.69 Å². The second kappa shape index (κ2) is 4.92. The summed E-state index contributed by atoms with van der Waals surface area (Å²) in [6.45, 7) is 1.79. The first-order chi connectivity index (χ1) is 8.58. The third-order valence-corrected chi connectivity index (χ3v) is 2.25. The lowest BCUT2D eigenvalue weighted by Gasteiger charge is -1.97. The third-order valence-electron chi connectivity index (χ3n) is 2.25. The second-order valence-electron chi connectivity index (χ2n) is 3.64. The number of rotatable bonds is 0. The van der Waals surface area contributed by atoms with Crippen molar-refractivity contribution in [2.45, 2.75) is 6.92 Å². The van der Waals surface area contributed by atoms with Crippen LogP contribution in [0.15, 0.2) is 30.3 Å². The third kappa shape index (κ3) is 2.51. The van der Waals surface area contributed by atoms with E-state index in [2.05, 4.69) is 16.8 Å². The molecule has 0 bridgehead atoms. The molecule has 0 unspecified atom stereocenters. The summed E-state index contributed by atoms with van der Waals surface area (Å²) in [6, 6.07) is 7.14. The molecule has 0 atom stereocenters. The summed E-state index contributed by atoms with van der Waals surface area (Å²) in [5.74, 6) is 1.00. The summed E-state index contributed by atoms with van der Waals surface area (Å²) in [5.41, 5.74) is 1.02. The minimum absolute atomic E-state index is 0.197. The number of hydrogen-bond donors (Lipinski definition) is 0. The SMILES string of the molecule is Cc1cccc(C#Cc2ccc(F)c(F)c2F)n1. The molecule has 0 radical (unpaired) electrons. The Kier molecular flexibility index (Phi) is 3.33. The van der Waals surface area contributed by atoms with Gasteiger partial charge in [0.05, 0.1) is 5.56 Å². The zero-order chi connectivity index (χ0) is 13.1. The molecule has 1 nitrogen and oxygen atoms in total. The van der Waals surface area contributed by atoms with Crippen LogP contribution in [0.2, 0.25) is 0 Å². The average Bonchev–Trinajstić information content (AvgIpc) is 2.35. The van der Waals surface area contributed by atoms with Gasteiger partial charge in [0.25, 0.3) is 0 Å². The molecule has 2 rings (SSSR count). The Morgan fingerprint density at radius 1 is 0.944 bits per heavy atom. The maximum atomic E-state index is 13.3. The molecule has 0 aliphatic carbocycles. The normalized spacial score (nSPS) is 9.78. The van der Waals surface area contributed by atoms with Gasteiger partial charge < -0.3 is 0 Å². The van der Waals surface area contributed by atoms with E-state index in [4.69, 9.17) is 0 Å². The molecule has 0 spiro atoms. The zero-order valence-corrected chi connectivity index (χ0v) is 9.47. The number of aromatic nitrogens is 1. The highest BCUT2D eigenvalue weighted by Crippen LogP contribution is 2.14. The molecule has 18 heavy (non-hydrogen) atoms. The molecular formula is C14H8F3N. The molecule has 1 heterocycles. The van der Waals surface area contributed by atoms with Crippen LogP contribution in [-0.4, -0.2) is 4.98 Å². The summed E-state index contributed by atoms with van der Waals surface area (Å²) >= 11 is 0. The van der Waals surface area contributed by atoms with Crippen molar-refractivity contribution >= 4 is 0 Å². The molecule has 2 aromatic rings. The fraction of sp³-hybridized carbons (Fsp3) is 0.0714. The molecule has 4 heteroatoms. The van der Waals surface area contributed by atoms with E-state index >= 15 is 0 Å². The predicted molar refractivity (Wildman–Crippen MR) is 61.3 cm³/mol. The van der Waals surface area contributed by atoms with Crippen molar-refractivity contribution in [1.29, 1.82) is 0 Å². The van der Waals surface area contributed by atoms with Crippen molar-refractivity contribution in [3.8, 4) is 11.8 Å². The minimum atomic E-state index is -1.51. The lowest BCUT2D eigenvalue weighted by atomic mass is 10.2. The van der Waals surface area contributed by atoms with E-state index < -0.39 is 17.5 Å². The maximum Gasteiger partial charge on any atom is 0.195 e. The molecule has 0 saturated carbocycles. The fourth-order valence-electron chi connectivity index (χ4n) is 1.37. The van der Waals surface area contributed by atoms with E-state index in [1.54, 1.807) is 25.1 Å². The van der Waals surface area contributed by atoms with Crippen molar-refractivity contribution < 1.29 is 13.2 Å². The Bertz CT molecular complexity index is 654. The predicted octanol–water partition coefficient (Wildman–Crippen LogP) is 3.21. The standard InChI is InChI=1S/C14H8F3N/c1-9-3-2-4-11(18-9)7-5-10-6-8-12(15)14(17)13(10)16/h2-4,6,8H,1H3. The molecule has 0 aliphatic heterocycles. The fourth-order valence-corrected chi connectivity index (χ4v) is 1.37. The summed E-state index contributed by atoms with van der Waals surface area (Å²) < 4.78 is 39.0. The van der Waals surface area contributed by atoms with Crippen LogP contribution in [0, 0.1) is 36.2 Å². The van der Waals surface area contributed by atoms with Gasteiger partial charge >= 0.3 is 0 Å². The first kappa shape index (κ1) is 12.2. The summed E-state index contributed by atoms with van der Waals surface area (Å²) in [7, 11) is 0. The molecule has 0 amide bonds. The van der Waals surface area contributed by atoms with Crippen molar-refractivity contribution in [2.24, 2.45) is 0 Å². The topological polar surface area (TPSA) is 12.9 Å². The van der Waals surface area contributed by atoms with Crippen LogP contribution in [0.25, 0.3) is 0 Å². The number of pyridine rings is 1. The highest BCUT2D eigenvalue weighted by molar-refractivity contribution is 5.41. The summed E-state index contributed by atoms with van der Waals surface area (Å²) in [6.07, 6.45) is 0. The van der Waals surface area contributed by atoms with E-state index in [1.807, 2.05) is 0 Å². The smallest absolute Gasteiger partial charge is 0.195 e. The van der Waals surface area contributed by atoms with Gasteiger partial charge in [-0.15, -0.1) is 0 Å². The van der Waals surface area contributed by atoms with Gasteiger partial charge in [0, 0.05) is 5.69 Å². The second-order valence-corrected chi connectivity index (χ2v) is 3.64. The Labute approximate surface area is 102 Å². The molecule has 0 fully saturated rings. The van der Waals surface area contributed by atoms with Crippen molar-refractivity contribution in [3.63, 3.8) is 0 Å². The van der Waals surface area contributed by atoms with E-state index in [9.17, 15) is 13.2 Å². The summed E-state index contributed by atoms with van der Waals surface area (Å²) in [4.78, 5) is 4.09. The van der Waals surface area contributed by atoms with Crippen LogP contribution < -0.4 is 0 Å². The van der Waals surface area contributed by atoms with E-state index in [-0.39, 0.29) is 5.56 Å². The van der Waals surface area contributed by atoms with Gasteiger partial charge in [0.15, 0.2) is 17.5 Å². The molecule has 0 N–H and O–H groups in total. The quantitative estimate of drug-likeness (QED) is 0.514.